The van der Waals surface area contributed by atoms with Crippen molar-refractivity contribution in [3.05, 3.63) is 17.0 Å². The minimum Gasteiger partial charge on any atom is -0.361 e. The second-order valence-electron chi connectivity index (χ2n) is 6.47. The third-order valence-electron chi connectivity index (χ3n) is 4.78. The van der Waals surface area contributed by atoms with E-state index in [0.29, 0.717) is 13.0 Å². The molecule has 1 fully saturated rings. The van der Waals surface area contributed by atoms with Crippen molar-refractivity contribution in [1.29, 1.82) is 0 Å². The number of nitrogens with two attached hydrogens (primary N) is 1. The van der Waals surface area contributed by atoms with E-state index in [4.69, 9.17) is 10.3 Å². The summed E-state index contributed by atoms with van der Waals surface area (Å²) in [7, 11) is 0. The van der Waals surface area contributed by atoms with E-state index in [1.807, 2.05) is 20.8 Å². The van der Waals surface area contributed by atoms with Gasteiger partial charge in [0.05, 0.1) is 11.7 Å². The number of nitrogens with one attached hydrogen (secondary N) is 1. The van der Waals surface area contributed by atoms with Crippen molar-refractivity contribution < 1.29 is 9.32 Å². The van der Waals surface area contributed by atoms with Crippen molar-refractivity contribution in [3.63, 3.8) is 0 Å². The molecule has 1 aromatic heterocycles. The van der Waals surface area contributed by atoms with E-state index in [9.17, 15) is 4.79 Å². The van der Waals surface area contributed by atoms with Crippen LogP contribution in [0.3, 0.4) is 0 Å². The predicted molar refractivity (Wildman–Crippen MR) is 81.7 cm³/mol. The Labute approximate surface area is 126 Å². The molecule has 0 aromatic carbocycles. The molecule has 5 heteroatoms. The molecule has 1 atom stereocenters. The fraction of sp³-hybridized carbons (Fsp3) is 0.750. The van der Waals surface area contributed by atoms with E-state index < -0.39 is 0 Å². The van der Waals surface area contributed by atoms with Crippen LogP contribution in [0.2, 0.25) is 0 Å². The van der Waals surface area contributed by atoms with Crippen LogP contribution in [0, 0.1) is 19.3 Å². The van der Waals surface area contributed by atoms with Gasteiger partial charge in [0.25, 0.3) is 0 Å². The molecule has 0 spiro atoms. The van der Waals surface area contributed by atoms with Gasteiger partial charge in [-0.3, -0.25) is 4.79 Å². The largest absolute Gasteiger partial charge is 0.361 e. The van der Waals surface area contributed by atoms with Crippen LogP contribution in [0.4, 0.5) is 0 Å². The van der Waals surface area contributed by atoms with Crippen LogP contribution in [0.1, 0.15) is 68.5 Å². The third-order valence-corrected chi connectivity index (χ3v) is 4.78. The standard InChI is InChI=1S/C16H27N3O2/c1-11(15-12(2)19-21-13(15)3)18-14(20)9-16(10-17)7-5-4-6-8-16/h11H,4-10,17H2,1-3H3,(H,18,20). The fourth-order valence-corrected chi connectivity index (χ4v) is 3.57. The first-order valence-corrected chi connectivity index (χ1v) is 7.90. The molecule has 1 heterocycles. The van der Waals surface area contributed by atoms with Gasteiger partial charge >= 0.3 is 0 Å². The van der Waals surface area contributed by atoms with Gasteiger partial charge in [0.2, 0.25) is 5.91 Å². The summed E-state index contributed by atoms with van der Waals surface area (Å²) >= 11 is 0. The Kier molecular flexibility index (Phi) is 5.04. The summed E-state index contributed by atoms with van der Waals surface area (Å²) in [4.78, 5) is 12.4. The highest BCUT2D eigenvalue weighted by Gasteiger charge is 2.33. The number of hydrogen-bond acceptors (Lipinski definition) is 4. The van der Waals surface area contributed by atoms with Gasteiger partial charge in [-0.2, -0.15) is 0 Å². The number of amides is 1. The molecule has 1 aliphatic rings. The SMILES string of the molecule is Cc1noc(C)c1C(C)NC(=O)CC1(CN)CCCCC1. The number of nitrogens with zero attached hydrogens (tertiary/aromatic N) is 1. The van der Waals surface area contributed by atoms with Gasteiger partial charge in [-0.1, -0.05) is 24.4 Å². The van der Waals surface area contributed by atoms with Gasteiger partial charge < -0.3 is 15.6 Å². The van der Waals surface area contributed by atoms with Gasteiger partial charge in [-0.05, 0) is 45.6 Å². The first-order chi connectivity index (χ1) is 9.97. The molecule has 0 saturated heterocycles. The first-order valence-electron chi connectivity index (χ1n) is 7.90. The van der Waals surface area contributed by atoms with Crippen molar-refractivity contribution >= 4 is 5.91 Å². The van der Waals surface area contributed by atoms with Crippen LogP contribution in [0.15, 0.2) is 4.52 Å². The highest BCUT2D eigenvalue weighted by Crippen LogP contribution is 2.38. The molecule has 0 aliphatic heterocycles. The van der Waals surface area contributed by atoms with Gasteiger partial charge in [0.1, 0.15) is 5.76 Å². The van der Waals surface area contributed by atoms with Gasteiger partial charge in [-0.15, -0.1) is 0 Å². The van der Waals surface area contributed by atoms with E-state index >= 15 is 0 Å². The number of carbonyl (C=O) groups is 1. The molecule has 5 nitrogen and oxygen atoms in total. The maximum absolute atomic E-state index is 12.4. The minimum absolute atomic E-state index is 0.000783. The Morgan fingerprint density at radius 1 is 1.38 bits per heavy atom. The lowest BCUT2D eigenvalue weighted by Crippen LogP contribution is -2.39. The summed E-state index contributed by atoms with van der Waals surface area (Å²) in [5.74, 6) is 0.848. The smallest absolute Gasteiger partial charge is 0.221 e. The lowest BCUT2D eigenvalue weighted by molar-refractivity contribution is -0.124. The number of hydrogen-bond donors (Lipinski definition) is 2. The quantitative estimate of drug-likeness (QED) is 0.874. The molecule has 1 amide bonds. The van der Waals surface area contributed by atoms with Crippen molar-refractivity contribution in [1.82, 2.24) is 10.5 Å². The van der Waals surface area contributed by atoms with Crippen molar-refractivity contribution in [3.8, 4) is 0 Å². The maximum atomic E-state index is 12.4. The number of carbonyl (C=O) groups excluding carboxylic acids is 1. The molecular formula is C16H27N3O2. The van der Waals surface area contributed by atoms with E-state index in [0.717, 1.165) is 29.9 Å². The molecule has 1 saturated carbocycles. The molecular weight excluding hydrogens is 266 g/mol. The number of rotatable bonds is 5. The molecule has 0 radical (unpaired) electrons. The van der Waals surface area contributed by atoms with Crippen LogP contribution < -0.4 is 11.1 Å². The van der Waals surface area contributed by atoms with Crippen LogP contribution in [0.5, 0.6) is 0 Å². The molecule has 0 bridgehead atoms. The molecule has 21 heavy (non-hydrogen) atoms. The maximum Gasteiger partial charge on any atom is 0.221 e. The second-order valence-corrected chi connectivity index (χ2v) is 6.47. The van der Waals surface area contributed by atoms with Gasteiger partial charge in [-0.25, -0.2) is 0 Å². The lowest BCUT2D eigenvalue weighted by atomic mass is 9.71. The molecule has 118 valence electrons. The molecule has 3 N–H and O–H groups in total. The summed E-state index contributed by atoms with van der Waals surface area (Å²) in [5.41, 5.74) is 7.78. The minimum atomic E-state index is -0.0813. The van der Waals surface area contributed by atoms with E-state index in [-0.39, 0.29) is 17.4 Å². The Bertz CT molecular complexity index is 470. The average molecular weight is 293 g/mol. The van der Waals surface area contributed by atoms with Crippen molar-refractivity contribution in [2.24, 2.45) is 11.1 Å². The molecule has 1 aromatic rings. The van der Waals surface area contributed by atoms with Crippen LogP contribution in [-0.2, 0) is 4.79 Å². The molecule has 1 unspecified atom stereocenters. The lowest BCUT2D eigenvalue weighted by Gasteiger charge is -2.36. The van der Waals surface area contributed by atoms with Crippen molar-refractivity contribution in [2.45, 2.75) is 65.3 Å². The summed E-state index contributed by atoms with van der Waals surface area (Å²) in [6, 6.07) is -0.0813. The number of aromatic nitrogens is 1. The zero-order chi connectivity index (χ0) is 15.5. The van der Waals surface area contributed by atoms with E-state index in [1.54, 1.807) is 0 Å². The average Bonchev–Trinajstić information content (AvgIpc) is 2.79. The van der Waals surface area contributed by atoms with E-state index in [2.05, 4.69) is 10.5 Å². The Balaban J connectivity index is 1.98. The zero-order valence-corrected chi connectivity index (χ0v) is 13.4. The second kappa shape index (κ2) is 6.60. The highest BCUT2D eigenvalue weighted by molar-refractivity contribution is 5.77. The van der Waals surface area contributed by atoms with Crippen LogP contribution in [0.25, 0.3) is 0 Å². The summed E-state index contributed by atoms with van der Waals surface area (Å²) in [5, 5.41) is 7.02. The number of aryl methyl sites for hydroxylation is 2. The van der Waals surface area contributed by atoms with Gasteiger partial charge in [0.15, 0.2) is 0 Å². The normalized spacial score (nSPS) is 19.2. The Morgan fingerprint density at radius 2 is 2.05 bits per heavy atom. The fourth-order valence-electron chi connectivity index (χ4n) is 3.57. The molecule has 1 aliphatic carbocycles. The predicted octanol–water partition coefficient (Wildman–Crippen LogP) is 2.77. The van der Waals surface area contributed by atoms with Gasteiger partial charge in [0, 0.05) is 12.0 Å². The van der Waals surface area contributed by atoms with E-state index in [1.165, 1.54) is 19.3 Å². The third kappa shape index (κ3) is 3.64. The molecule has 2 rings (SSSR count). The topological polar surface area (TPSA) is 81.2 Å². The monoisotopic (exact) mass is 293 g/mol. The first kappa shape index (κ1) is 16.0. The summed E-state index contributed by atoms with van der Waals surface area (Å²) in [6.07, 6.45) is 6.29. The summed E-state index contributed by atoms with van der Waals surface area (Å²) in [6.45, 7) is 6.35. The zero-order valence-electron chi connectivity index (χ0n) is 13.4. The summed E-state index contributed by atoms with van der Waals surface area (Å²) < 4.78 is 5.17. The van der Waals surface area contributed by atoms with Crippen LogP contribution in [-0.4, -0.2) is 17.6 Å². The van der Waals surface area contributed by atoms with Crippen LogP contribution >= 0.6 is 0 Å². The Hall–Kier alpha value is -1.36. The highest BCUT2D eigenvalue weighted by atomic mass is 16.5. The Morgan fingerprint density at radius 3 is 2.57 bits per heavy atom. The van der Waals surface area contributed by atoms with Crippen molar-refractivity contribution in [2.75, 3.05) is 6.54 Å².